The van der Waals surface area contributed by atoms with Crippen molar-refractivity contribution in [2.24, 2.45) is 0 Å². The van der Waals surface area contributed by atoms with Crippen LogP contribution in [0.25, 0.3) is 0 Å². The molecule has 0 heterocycles. The van der Waals surface area contributed by atoms with Crippen molar-refractivity contribution in [3.63, 3.8) is 0 Å². The van der Waals surface area contributed by atoms with Crippen LogP contribution in [0.4, 0.5) is 5.69 Å². The van der Waals surface area contributed by atoms with Gasteiger partial charge in [0, 0.05) is 11.3 Å². The second kappa shape index (κ2) is 11.0. The first-order valence-corrected chi connectivity index (χ1v) is 8.90. The zero-order chi connectivity index (χ0) is 20.4. The third-order valence-corrected chi connectivity index (χ3v) is 4.11. The zero-order valence-corrected chi connectivity index (χ0v) is 16.2. The van der Waals surface area contributed by atoms with Gasteiger partial charge in [0.1, 0.15) is 13.2 Å². The van der Waals surface area contributed by atoms with Gasteiger partial charge in [-0.05, 0) is 37.0 Å². The molecule has 1 atom stereocenters. The highest BCUT2D eigenvalue weighted by atomic mass is 16.5. The highest BCUT2D eigenvalue weighted by Crippen LogP contribution is 2.22. The Labute approximate surface area is 160 Å². The van der Waals surface area contributed by atoms with E-state index in [-0.39, 0.29) is 37.7 Å². The lowest BCUT2D eigenvalue weighted by atomic mass is 9.98. The minimum Gasteiger partial charge on any atom is -0.480 e. The summed E-state index contributed by atoms with van der Waals surface area (Å²) < 4.78 is 4.89. The van der Waals surface area contributed by atoms with E-state index in [1.165, 1.54) is 17.4 Å². The van der Waals surface area contributed by atoms with Crippen LogP contribution in [0.5, 0.6) is 0 Å². The van der Waals surface area contributed by atoms with Crippen molar-refractivity contribution < 1.29 is 24.2 Å². The first kappa shape index (κ1) is 22.2. The van der Waals surface area contributed by atoms with E-state index in [0.29, 0.717) is 11.6 Å². The molecule has 0 aliphatic carbocycles. The van der Waals surface area contributed by atoms with E-state index in [1.807, 2.05) is 24.3 Å². The van der Waals surface area contributed by atoms with Crippen molar-refractivity contribution in [2.45, 2.75) is 33.1 Å². The molecule has 1 amide bonds. The van der Waals surface area contributed by atoms with E-state index in [2.05, 4.69) is 25.7 Å². The van der Waals surface area contributed by atoms with Crippen LogP contribution in [0.2, 0.25) is 0 Å². The van der Waals surface area contributed by atoms with Gasteiger partial charge in [-0.3, -0.25) is 9.59 Å². The Balaban J connectivity index is 2.63. The van der Waals surface area contributed by atoms with Gasteiger partial charge in [0.05, 0.1) is 13.1 Å². The highest BCUT2D eigenvalue weighted by Gasteiger charge is 2.15. The van der Waals surface area contributed by atoms with Crippen LogP contribution in [-0.4, -0.2) is 49.2 Å². The summed E-state index contributed by atoms with van der Waals surface area (Å²) in [6.07, 6.45) is 1.01. The maximum Gasteiger partial charge on any atom is 0.333 e. The van der Waals surface area contributed by atoms with Crippen LogP contribution in [-0.2, 0) is 19.1 Å². The quantitative estimate of drug-likeness (QED) is 0.350. The van der Waals surface area contributed by atoms with Gasteiger partial charge in [-0.2, -0.15) is 0 Å². The van der Waals surface area contributed by atoms with Gasteiger partial charge in [0.2, 0.25) is 5.91 Å². The zero-order valence-electron chi connectivity index (χ0n) is 16.2. The fraction of sp³-hybridized carbons (Fsp3) is 0.450. The summed E-state index contributed by atoms with van der Waals surface area (Å²) in [5.74, 6) is -1.48. The molecule has 1 unspecified atom stereocenters. The summed E-state index contributed by atoms with van der Waals surface area (Å²) in [5.41, 5.74) is 2.11. The normalized spacial score (nSPS) is 11.4. The van der Waals surface area contributed by atoms with Crippen LogP contribution in [0.15, 0.2) is 36.4 Å². The minimum absolute atomic E-state index is 0.0277. The first-order valence-electron chi connectivity index (χ1n) is 8.90. The molecular weight excluding hydrogens is 348 g/mol. The van der Waals surface area contributed by atoms with Gasteiger partial charge in [0.15, 0.2) is 0 Å². The Hall–Kier alpha value is -2.83. The fourth-order valence-electron chi connectivity index (χ4n) is 2.34. The molecule has 7 heteroatoms. The SMILES string of the molecule is C=C(C)C(=O)OCCNC(=O)CN(CC(=O)O)c1ccc(C(C)CC)cc1. The summed E-state index contributed by atoms with van der Waals surface area (Å²) in [7, 11) is 0. The molecule has 1 rings (SSSR count). The van der Waals surface area contributed by atoms with E-state index >= 15 is 0 Å². The number of carboxylic acid groups (broad SMARTS) is 1. The number of esters is 1. The van der Waals surface area contributed by atoms with Gasteiger partial charge in [-0.15, -0.1) is 0 Å². The van der Waals surface area contributed by atoms with E-state index in [1.54, 1.807) is 0 Å². The number of rotatable bonds is 11. The minimum atomic E-state index is -1.02. The average Bonchev–Trinajstić information content (AvgIpc) is 2.63. The largest absolute Gasteiger partial charge is 0.480 e. The third-order valence-electron chi connectivity index (χ3n) is 4.11. The molecular formula is C20H28N2O5. The Morgan fingerprint density at radius 3 is 2.37 bits per heavy atom. The van der Waals surface area contributed by atoms with Crippen LogP contribution < -0.4 is 10.2 Å². The van der Waals surface area contributed by atoms with E-state index < -0.39 is 11.9 Å². The standard InChI is InChI=1S/C20H28N2O5/c1-5-15(4)16-6-8-17(9-7-16)22(13-19(24)25)12-18(23)21-10-11-27-20(26)14(2)3/h6-9,15H,2,5,10-13H2,1,3-4H3,(H,21,23)(H,24,25). The molecule has 0 radical (unpaired) electrons. The Kier molecular flexibility index (Phi) is 9.05. The predicted octanol–water partition coefficient (Wildman–Crippen LogP) is 2.33. The van der Waals surface area contributed by atoms with Crippen LogP contribution in [0, 0.1) is 0 Å². The molecule has 2 N–H and O–H groups in total. The van der Waals surface area contributed by atoms with Crippen LogP contribution in [0.3, 0.4) is 0 Å². The summed E-state index contributed by atoms with van der Waals surface area (Å²) >= 11 is 0. The molecule has 27 heavy (non-hydrogen) atoms. The van der Waals surface area contributed by atoms with E-state index in [0.717, 1.165) is 6.42 Å². The molecule has 0 saturated carbocycles. The molecule has 0 saturated heterocycles. The summed E-state index contributed by atoms with van der Waals surface area (Å²) in [4.78, 5) is 36.0. The van der Waals surface area contributed by atoms with Crippen molar-refractivity contribution in [2.75, 3.05) is 31.1 Å². The lowest BCUT2D eigenvalue weighted by molar-refractivity contribution is -0.139. The maximum atomic E-state index is 12.1. The highest BCUT2D eigenvalue weighted by molar-refractivity contribution is 5.87. The van der Waals surface area contributed by atoms with Crippen molar-refractivity contribution in [1.29, 1.82) is 0 Å². The molecule has 0 aromatic heterocycles. The number of anilines is 1. The van der Waals surface area contributed by atoms with Crippen molar-refractivity contribution in [1.82, 2.24) is 5.32 Å². The first-order chi connectivity index (χ1) is 12.7. The smallest absolute Gasteiger partial charge is 0.333 e. The van der Waals surface area contributed by atoms with Crippen molar-refractivity contribution in [3.05, 3.63) is 42.0 Å². The topological polar surface area (TPSA) is 95.9 Å². The van der Waals surface area contributed by atoms with Gasteiger partial charge in [-0.1, -0.05) is 32.6 Å². The van der Waals surface area contributed by atoms with Crippen molar-refractivity contribution in [3.8, 4) is 0 Å². The second-order valence-electron chi connectivity index (χ2n) is 6.42. The monoisotopic (exact) mass is 376 g/mol. The number of ether oxygens (including phenoxy) is 1. The Morgan fingerprint density at radius 2 is 1.85 bits per heavy atom. The Bertz CT molecular complexity index is 669. The number of carboxylic acids is 1. The molecule has 0 aliphatic rings. The number of amides is 1. The van der Waals surface area contributed by atoms with Gasteiger partial charge < -0.3 is 20.1 Å². The number of nitrogens with zero attached hydrogens (tertiary/aromatic N) is 1. The van der Waals surface area contributed by atoms with Crippen molar-refractivity contribution >= 4 is 23.5 Å². The molecule has 148 valence electrons. The molecule has 0 spiro atoms. The summed E-state index contributed by atoms with van der Waals surface area (Å²) in [6.45, 7) is 9.01. The van der Waals surface area contributed by atoms with Crippen LogP contribution in [0.1, 0.15) is 38.7 Å². The summed E-state index contributed by atoms with van der Waals surface area (Å²) in [6, 6.07) is 7.55. The number of hydrogen-bond donors (Lipinski definition) is 2. The average molecular weight is 376 g/mol. The molecule has 0 bridgehead atoms. The number of hydrogen-bond acceptors (Lipinski definition) is 5. The molecule has 1 aromatic carbocycles. The Morgan fingerprint density at radius 1 is 1.22 bits per heavy atom. The molecule has 1 aromatic rings. The lowest BCUT2D eigenvalue weighted by Gasteiger charge is -2.23. The molecule has 7 nitrogen and oxygen atoms in total. The number of carbonyl (C=O) groups is 3. The van der Waals surface area contributed by atoms with Gasteiger partial charge >= 0.3 is 11.9 Å². The predicted molar refractivity (Wildman–Crippen MR) is 104 cm³/mol. The van der Waals surface area contributed by atoms with Crippen LogP contribution >= 0.6 is 0 Å². The fourth-order valence-corrected chi connectivity index (χ4v) is 2.34. The maximum absolute atomic E-state index is 12.1. The molecule has 0 aliphatic heterocycles. The lowest BCUT2D eigenvalue weighted by Crippen LogP contribution is -2.41. The second-order valence-corrected chi connectivity index (χ2v) is 6.42. The number of nitrogens with one attached hydrogen (secondary N) is 1. The third kappa shape index (κ3) is 7.94. The number of benzene rings is 1. The van der Waals surface area contributed by atoms with E-state index in [9.17, 15) is 14.4 Å². The van der Waals surface area contributed by atoms with Gasteiger partial charge in [0.25, 0.3) is 0 Å². The van der Waals surface area contributed by atoms with E-state index in [4.69, 9.17) is 9.84 Å². The van der Waals surface area contributed by atoms with Gasteiger partial charge in [-0.25, -0.2) is 4.79 Å². The number of carbonyl (C=O) groups excluding carboxylic acids is 2. The summed E-state index contributed by atoms with van der Waals surface area (Å²) in [5, 5.41) is 11.7. The number of aliphatic carboxylic acids is 1. The molecule has 0 fully saturated rings.